The Morgan fingerprint density at radius 3 is 2.07 bits per heavy atom. The number of benzene rings is 1. The molecule has 0 aliphatic carbocycles. The van der Waals surface area contributed by atoms with Crippen molar-refractivity contribution >= 4 is 35.2 Å². The van der Waals surface area contributed by atoms with Gasteiger partial charge in [0, 0.05) is 30.8 Å². The SMILES string of the molecule is C[C@H](NC(=O)CCN1C(=O)C=CC1=O)C(=O)N[C@@H](C)C(=O)Nc1ccc(CO)cc1. The van der Waals surface area contributed by atoms with E-state index in [-0.39, 0.29) is 19.6 Å². The summed E-state index contributed by atoms with van der Waals surface area (Å²) in [4.78, 5) is 60.3. The van der Waals surface area contributed by atoms with Gasteiger partial charge in [-0.1, -0.05) is 12.1 Å². The highest BCUT2D eigenvalue weighted by Crippen LogP contribution is 2.10. The summed E-state index contributed by atoms with van der Waals surface area (Å²) in [5.41, 5.74) is 1.22. The van der Waals surface area contributed by atoms with Crippen LogP contribution in [0.4, 0.5) is 5.69 Å². The van der Waals surface area contributed by atoms with Gasteiger partial charge in [-0.05, 0) is 31.5 Å². The van der Waals surface area contributed by atoms with Crippen molar-refractivity contribution < 1.29 is 29.1 Å². The van der Waals surface area contributed by atoms with Crippen molar-refractivity contribution in [3.05, 3.63) is 42.0 Å². The molecule has 0 saturated carbocycles. The lowest BCUT2D eigenvalue weighted by Gasteiger charge is -2.19. The summed E-state index contributed by atoms with van der Waals surface area (Å²) in [5, 5.41) is 16.6. The van der Waals surface area contributed by atoms with Crippen LogP contribution in [0.1, 0.15) is 25.8 Å². The number of hydrogen-bond acceptors (Lipinski definition) is 6. The third-order valence-corrected chi connectivity index (χ3v) is 4.39. The van der Waals surface area contributed by atoms with E-state index in [0.717, 1.165) is 17.1 Å². The van der Waals surface area contributed by atoms with Crippen LogP contribution in [0.2, 0.25) is 0 Å². The van der Waals surface area contributed by atoms with Gasteiger partial charge in [-0.25, -0.2) is 0 Å². The number of amides is 5. The average molecular weight is 416 g/mol. The number of imide groups is 1. The Bertz CT molecular complexity index is 847. The molecule has 0 unspecified atom stereocenters. The van der Waals surface area contributed by atoms with Gasteiger partial charge in [0.15, 0.2) is 0 Å². The molecule has 10 nitrogen and oxygen atoms in total. The number of rotatable bonds is 9. The van der Waals surface area contributed by atoms with E-state index in [2.05, 4.69) is 16.0 Å². The Kier molecular flexibility index (Phi) is 7.82. The molecular formula is C20H24N4O6. The molecule has 1 aliphatic rings. The van der Waals surface area contributed by atoms with E-state index in [9.17, 15) is 24.0 Å². The van der Waals surface area contributed by atoms with Crippen molar-refractivity contribution in [2.75, 3.05) is 11.9 Å². The van der Waals surface area contributed by atoms with Crippen LogP contribution in [0.3, 0.4) is 0 Å². The molecule has 0 radical (unpaired) electrons. The molecule has 30 heavy (non-hydrogen) atoms. The molecule has 1 heterocycles. The molecule has 160 valence electrons. The van der Waals surface area contributed by atoms with E-state index in [0.29, 0.717) is 11.3 Å². The number of anilines is 1. The zero-order valence-electron chi connectivity index (χ0n) is 16.7. The Hall–Kier alpha value is -3.53. The lowest BCUT2D eigenvalue weighted by Crippen LogP contribution is -2.50. The van der Waals surface area contributed by atoms with Crippen molar-refractivity contribution in [1.82, 2.24) is 15.5 Å². The van der Waals surface area contributed by atoms with Crippen LogP contribution in [-0.4, -0.2) is 58.2 Å². The monoisotopic (exact) mass is 416 g/mol. The van der Waals surface area contributed by atoms with Crippen LogP contribution >= 0.6 is 0 Å². The van der Waals surface area contributed by atoms with E-state index >= 15 is 0 Å². The lowest BCUT2D eigenvalue weighted by molar-refractivity contribution is -0.137. The van der Waals surface area contributed by atoms with Gasteiger partial charge in [0.1, 0.15) is 12.1 Å². The maximum atomic E-state index is 12.2. The molecule has 1 aromatic carbocycles. The summed E-state index contributed by atoms with van der Waals surface area (Å²) >= 11 is 0. The van der Waals surface area contributed by atoms with Crippen LogP contribution < -0.4 is 16.0 Å². The second-order valence-electron chi connectivity index (χ2n) is 6.78. The van der Waals surface area contributed by atoms with Gasteiger partial charge < -0.3 is 21.1 Å². The van der Waals surface area contributed by atoms with Gasteiger partial charge in [0.05, 0.1) is 6.61 Å². The third-order valence-electron chi connectivity index (χ3n) is 4.39. The van der Waals surface area contributed by atoms with Crippen LogP contribution in [0.5, 0.6) is 0 Å². The molecule has 0 bridgehead atoms. The second kappa shape index (κ2) is 10.3. The fraction of sp³-hybridized carbons (Fsp3) is 0.350. The quantitative estimate of drug-likeness (QED) is 0.397. The van der Waals surface area contributed by atoms with Crippen LogP contribution in [0.25, 0.3) is 0 Å². The minimum absolute atomic E-state index is 0.0846. The summed E-state index contributed by atoms with van der Waals surface area (Å²) in [6, 6.07) is 4.81. The molecule has 5 amide bonds. The van der Waals surface area contributed by atoms with Crippen molar-refractivity contribution in [2.45, 2.75) is 39.0 Å². The lowest BCUT2D eigenvalue weighted by atomic mass is 10.2. The first-order valence-electron chi connectivity index (χ1n) is 9.35. The Balaban J connectivity index is 1.76. The molecule has 2 rings (SSSR count). The van der Waals surface area contributed by atoms with Crippen LogP contribution in [-0.2, 0) is 30.6 Å². The van der Waals surface area contributed by atoms with E-state index < -0.39 is 41.6 Å². The molecule has 0 aromatic heterocycles. The maximum Gasteiger partial charge on any atom is 0.253 e. The van der Waals surface area contributed by atoms with Crippen molar-refractivity contribution in [2.24, 2.45) is 0 Å². The van der Waals surface area contributed by atoms with Crippen molar-refractivity contribution in [3.63, 3.8) is 0 Å². The Labute approximate surface area is 173 Å². The highest BCUT2D eigenvalue weighted by atomic mass is 16.3. The Morgan fingerprint density at radius 1 is 0.933 bits per heavy atom. The summed E-state index contributed by atoms with van der Waals surface area (Å²) in [5.74, 6) is -2.48. The molecule has 10 heteroatoms. The van der Waals surface area contributed by atoms with Gasteiger partial charge in [-0.3, -0.25) is 28.9 Å². The zero-order valence-corrected chi connectivity index (χ0v) is 16.7. The normalized spacial score (nSPS) is 15.0. The summed E-state index contributed by atoms with van der Waals surface area (Å²) in [6.07, 6.45) is 2.12. The first kappa shape index (κ1) is 22.8. The van der Waals surface area contributed by atoms with Crippen molar-refractivity contribution in [3.8, 4) is 0 Å². The number of nitrogens with one attached hydrogen (secondary N) is 3. The molecule has 1 aliphatic heterocycles. The fourth-order valence-corrected chi connectivity index (χ4v) is 2.59. The molecular weight excluding hydrogens is 392 g/mol. The first-order valence-corrected chi connectivity index (χ1v) is 9.35. The Morgan fingerprint density at radius 2 is 1.50 bits per heavy atom. The highest BCUT2D eigenvalue weighted by Gasteiger charge is 2.25. The predicted octanol–water partition coefficient (Wildman–Crippen LogP) is -0.558. The predicted molar refractivity (Wildman–Crippen MR) is 107 cm³/mol. The number of aliphatic hydroxyl groups excluding tert-OH is 1. The molecule has 0 spiro atoms. The summed E-state index contributed by atoms with van der Waals surface area (Å²) in [7, 11) is 0. The molecule has 2 atom stereocenters. The molecule has 0 saturated heterocycles. The number of aliphatic hydroxyl groups is 1. The number of carbonyl (C=O) groups is 5. The van der Waals surface area contributed by atoms with Gasteiger partial charge in [-0.15, -0.1) is 0 Å². The van der Waals surface area contributed by atoms with E-state index in [1.807, 2.05) is 0 Å². The molecule has 0 fully saturated rings. The smallest absolute Gasteiger partial charge is 0.253 e. The second-order valence-corrected chi connectivity index (χ2v) is 6.78. The summed E-state index contributed by atoms with van der Waals surface area (Å²) in [6.45, 7) is 2.77. The van der Waals surface area contributed by atoms with Crippen LogP contribution in [0.15, 0.2) is 36.4 Å². The topological polar surface area (TPSA) is 145 Å². The van der Waals surface area contributed by atoms with Crippen LogP contribution in [0, 0.1) is 0 Å². The van der Waals surface area contributed by atoms with E-state index in [1.54, 1.807) is 24.3 Å². The highest BCUT2D eigenvalue weighted by molar-refractivity contribution is 6.13. The number of hydrogen-bond donors (Lipinski definition) is 4. The maximum absolute atomic E-state index is 12.2. The van der Waals surface area contributed by atoms with Gasteiger partial charge >= 0.3 is 0 Å². The minimum Gasteiger partial charge on any atom is -0.392 e. The van der Waals surface area contributed by atoms with Gasteiger partial charge in [-0.2, -0.15) is 0 Å². The van der Waals surface area contributed by atoms with Gasteiger partial charge in [0.25, 0.3) is 11.8 Å². The van der Waals surface area contributed by atoms with Crippen molar-refractivity contribution in [1.29, 1.82) is 0 Å². The number of nitrogens with zero attached hydrogens (tertiary/aromatic N) is 1. The largest absolute Gasteiger partial charge is 0.392 e. The standard InChI is InChI=1S/C20H24N4O6/c1-12(21-16(26)9-10-24-17(27)7-8-18(24)28)19(29)22-13(2)20(30)23-15-5-3-14(11-25)4-6-15/h3-8,12-13,25H,9-11H2,1-2H3,(H,21,26)(H,22,29)(H,23,30)/t12-,13-/m0/s1. The molecule has 4 N–H and O–H groups in total. The fourth-order valence-electron chi connectivity index (χ4n) is 2.59. The summed E-state index contributed by atoms with van der Waals surface area (Å²) < 4.78 is 0. The zero-order chi connectivity index (χ0) is 22.3. The third kappa shape index (κ3) is 6.24. The number of carbonyl (C=O) groups excluding carboxylic acids is 5. The van der Waals surface area contributed by atoms with E-state index in [1.165, 1.54) is 13.8 Å². The molecule has 1 aromatic rings. The average Bonchev–Trinajstić information content (AvgIpc) is 3.04. The van der Waals surface area contributed by atoms with E-state index in [4.69, 9.17) is 5.11 Å². The minimum atomic E-state index is -0.917. The first-order chi connectivity index (χ1) is 14.2. The van der Waals surface area contributed by atoms with Gasteiger partial charge in [0.2, 0.25) is 17.7 Å².